The van der Waals surface area contributed by atoms with Gasteiger partial charge in [-0.3, -0.25) is 9.48 Å². The summed E-state index contributed by atoms with van der Waals surface area (Å²) in [5, 5.41) is 11.1. The van der Waals surface area contributed by atoms with Gasteiger partial charge in [-0.2, -0.15) is 28.1 Å². The number of hydrogen-bond donors (Lipinski definition) is 1. The molecule has 0 aliphatic rings. The van der Waals surface area contributed by atoms with Crippen molar-refractivity contribution in [1.29, 1.82) is 0 Å². The van der Waals surface area contributed by atoms with Crippen LogP contribution in [0.1, 0.15) is 19.4 Å². The molecule has 8 nitrogen and oxygen atoms in total. The summed E-state index contributed by atoms with van der Waals surface area (Å²) in [5.74, 6) is -0.0735. The third-order valence-electron chi connectivity index (χ3n) is 4.66. The van der Waals surface area contributed by atoms with Gasteiger partial charge in [0.2, 0.25) is 0 Å². The van der Waals surface area contributed by atoms with Crippen molar-refractivity contribution in [2.45, 2.75) is 26.6 Å². The Bertz CT molecular complexity index is 1080. The lowest BCUT2D eigenvalue weighted by molar-refractivity contribution is -0.137. The molecule has 0 fully saturated rings. The molecular formula is C19H21ClF3N7O. The lowest BCUT2D eigenvalue weighted by Crippen LogP contribution is -2.27. The molecule has 31 heavy (non-hydrogen) atoms. The third-order valence-corrected chi connectivity index (χ3v) is 5.03. The summed E-state index contributed by atoms with van der Waals surface area (Å²) in [6, 6.07) is 1.88. The number of rotatable bonds is 8. The fourth-order valence-electron chi connectivity index (χ4n) is 2.85. The summed E-state index contributed by atoms with van der Waals surface area (Å²) in [6.45, 7) is 7.65. The van der Waals surface area contributed by atoms with E-state index in [-0.39, 0.29) is 16.5 Å². The average molecular weight is 456 g/mol. The molecule has 0 spiro atoms. The summed E-state index contributed by atoms with van der Waals surface area (Å²) in [6.07, 6.45) is 0.794. The maximum atomic E-state index is 12.7. The largest absolute Gasteiger partial charge is 0.417 e. The number of nitrogens with one attached hydrogen (secondary N) is 1. The molecule has 3 aromatic rings. The van der Waals surface area contributed by atoms with Crippen LogP contribution in [0, 0.1) is 0 Å². The van der Waals surface area contributed by atoms with E-state index in [4.69, 9.17) is 11.6 Å². The van der Waals surface area contributed by atoms with Gasteiger partial charge in [-0.1, -0.05) is 25.4 Å². The first kappa shape index (κ1) is 22.8. The van der Waals surface area contributed by atoms with Gasteiger partial charge in [-0.05, 0) is 25.2 Å². The van der Waals surface area contributed by atoms with Gasteiger partial charge in [0.15, 0.2) is 5.82 Å². The molecule has 1 N–H and O–H groups in total. The number of aromatic nitrogens is 5. The zero-order valence-electron chi connectivity index (χ0n) is 16.9. The standard InChI is InChI=1S/C19H21ClF3N7O/c1-3-28(4-2)7-8-29-12-14(10-25-29)27-15-11-26-30(18(31)17(15)20)16-6-5-13(9-24-16)19(21,22)23/h5-6,9-12,27H,3-4,7-8H2,1-2H3. The molecular weight excluding hydrogens is 435 g/mol. The molecule has 0 amide bonds. The van der Waals surface area contributed by atoms with Crippen LogP contribution < -0.4 is 10.9 Å². The highest BCUT2D eigenvalue weighted by molar-refractivity contribution is 6.33. The highest BCUT2D eigenvalue weighted by Gasteiger charge is 2.30. The van der Waals surface area contributed by atoms with Gasteiger partial charge in [0.25, 0.3) is 5.56 Å². The van der Waals surface area contributed by atoms with Gasteiger partial charge in [-0.15, -0.1) is 0 Å². The minimum atomic E-state index is -4.52. The van der Waals surface area contributed by atoms with Crippen LogP contribution in [0.25, 0.3) is 5.82 Å². The summed E-state index contributed by atoms with van der Waals surface area (Å²) < 4.78 is 40.7. The topological polar surface area (TPSA) is 80.9 Å². The lowest BCUT2D eigenvalue weighted by Gasteiger charge is -2.17. The van der Waals surface area contributed by atoms with Crippen LogP contribution in [0.15, 0.2) is 41.7 Å². The predicted molar refractivity (Wildman–Crippen MR) is 111 cm³/mol. The number of likely N-dealkylation sites (N-methyl/N-ethyl adjacent to an activating group) is 1. The quantitative estimate of drug-likeness (QED) is 0.559. The van der Waals surface area contributed by atoms with E-state index in [9.17, 15) is 18.0 Å². The Kier molecular flexibility index (Phi) is 6.96. The minimum Gasteiger partial charge on any atom is -0.350 e. The van der Waals surface area contributed by atoms with Gasteiger partial charge in [0.05, 0.1) is 35.9 Å². The van der Waals surface area contributed by atoms with Crippen LogP contribution in [-0.4, -0.2) is 49.1 Å². The Labute approximate surface area is 181 Å². The van der Waals surface area contributed by atoms with Crippen LogP contribution >= 0.6 is 11.6 Å². The van der Waals surface area contributed by atoms with Crippen LogP contribution in [0.4, 0.5) is 24.5 Å². The number of anilines is 2. The van der Waals surface area contributed by atoms with Crippen LogP contribution in [0.3, 0.4) is 0 Å². The molecule has 0 aliphatic heterocycles. The van der Waals surface area contributed by atoms with Gasteiger partial charge < -0.3 is 10.2 Å². The molecule has 3 aromatic heterocycles. The zero-order valence-corrected chi connectivity index (χ0v) is 17.7. The summed E-state index contributed by atoms with van der Waals surface area (Å²) >= 11 is 6.17. The molecule has 0 bridgehead atoms. The molecule has 0 saturated heterocycles. The molecule has 0 radical (unpaired) electrons. The second-order valence-electron chi connectivity index (χ2n) is 6.64. The van der Waals surface area contributed by atoms with Crippen LogP contribution in [0.5, 0.6) is 0 Å². The molecule has 3 heterocycles. The molecule has 166 valence electrons. The predicted octanol–water partition coefficient (Wildman–Crippen LogP) is 3.58. The normalized spacial score (nSPS) is 11.8. The first-order valence-electron chi connectivity index (χ1n) is 9.56. The Hall–Kier alpha value is -2.92. The van der Waals surface area contributed by atoms with Crippen molar-refractivity contribution in [3.63, 3.8) is 0 Å². The molecule has 0 aliphatic carbocycles. The van der Waals surface area contributed by atoms with Gasteiger partial charge >= 0.3 is 6.18 Å². The number of hydrogen-bond acceptors (Lipinski definition) is 6. The van der Waals surface area contributed by atoms with Crippen molar-refractivity contribution in [3.05, 3.63) is 57.9 Å². The number of halogens is 4. The first-order valence-corrected chi connectivity index (χ1v) is 9.94. The lowest BCUT2D eigenvalue weighted by atomic mass is 10.3. The summed E-state index contributed by atoms with van der Waals surface area (Å²) in [4.78, 5) is 18.5. The Morgan fingerprint density at radius 3 is 2.48 bits per heavy atom. The van der Waals surface area contributed by atoms with E-state index in [0.29, 0.717) is 18.4 Å². The molecule has 0 unspecified atom stereocenters. The molecule has 3 rings (SSSR count). The average Bonchev–Trinajstić information content (AvgIpc) is 3.19. The maximum Gasteiger partial charge on any atom is 0.417 e. The monoisotopic (exact) mass is 455 g/mol. The van der Waals surface area contributed by atoms with E-state index in [0.717, 1.165) is 36.4 Å². The second-order valence-corrected chi connectivity index (χ2v) is 7.01. The number of alkyl halides is 3. The zero-order chi connectivity index (χ0) is 22.6. The Balaban J connectivity index is 1.75. The van der Waals surface area contributed by atoms with E-state index in [2.05, 4.69) is 39.2 Å². The summed E-state index contributed by atoms with van der Waals surface area (Å²) in [5.41, 5.74) is -0.772. The van der Waals surface area contributed by atoms with Gasteiger partial charge in [0, 0.05) is 18.9 Å². The smallest absolute Gasteiger partial charge is 0.350 e. The number of pyridine rings is 1. The van der Waals surface area contributed by atoms with Crippen molar-refractivity contribution in [3.8, 4) is 5.82 Å². The van der Waals surface area contributed by atoms with Crippen molar-refractivity contribution >= 4 is 23.0 Å². The highest BCUT2D eigenvalue weighted by Crippen LogP contribution is 2.28. The fourth-order valence-corrected chi connectivity index (χ4v) is 3.03. The maximum absolute atomic E-state index is 12.7. The van der Waals surface area contributed by atoms with Crippen molar-refractivity contribution in [2.24, 2.45) is 0 Å². The van der Waals surface area contributed by atoms with Crippen molar-refractivity contribution < 1.29 is 13.2 Å². The van der Waals surface area contributed by atoms with E-state index in [1.165, 1.54) is 6.20 Å². The first-order chi connectivity index (χ1) is 14.7. The van der Waals surface area contributed by atoms with Crippen molar-refractivity contribution in [2.75, 3.05) is 25.0 Å². The second kappa shape index (κ2) is 9.48. The molecule has 0 atom stereocenters. The minimum absolute atomic E-state index is 0.0735. The Morgan fingerprint density at radius 2 is 1.87 bits per heavy atom. The van der Waals surface area contributed by atoms with E-state index < -0.39 is 17.3 Å². The molecule has 0 saturated carbocycles. The fraction of sp³-hybridized carbons (Fsp3) is 0.368. The van der Waals surface area contributed by atoms with E-state index in [1.807, 2.05) is 0 Å². The van der Waals surface area contributed by atoms with E-state index >= 15 is 0 Å². The SMILES string of the molecule is CCN(CC)CCn1cc(Nc2cnn(-c3ccc(C(F)(F)F)cn3)c(=O)c2Cl)cn1. The van der Waals surface area contributed by atoms with Gasteiger partial charge in [-0.25, -0.2) is 4.98 Å². The summed E-state index contributed by atoms with van der Waals surface area (Å²) in [7, 11) is 0. The number of nitrogens with zero attached hydrogens (tertiary/aromatic N) is 6. The van der Waals surface area contributed by atoms with Crippen LogP contribution in [0.2, 0.25) is 5.02 Å². The van der Waals surface area contributed by atoms with Crippen molar-refractivity contribution in [1.82, 2.24) is 29.4 Å². The highest BCUT2D eigenvalue weighted by atomic mass is 35.5. The molecule has 0 aromatic carbocycles. The van der Waals surface area contributed by atoms with Gasteiger partial charge in [0.1, 0.15) is 5.02 Å². The Morgan fingerprint density at radius 1 is 1.13 bits per heavy atom. The van der Waals surface area contributed by atoms with E-state index in [1.54, 1.807) is 17.1 Å². The molecule has 12 heteroatoms. The third kappa shape index (κ3) is 5.42. The van der Waals surface area contributed by atoms with Crippen LogP contribution in [-0.2, 0) is 12.7 Å².